The predicted molar refractivity (Wildman–Crippen MR) is 96.0 cm³/mol. The third-order valence-corrected chi connectivity index (χ3v) is 4.40. The Hall–Kier alpha value is -1.35. The molecule has 1 saturated heterocycles. The number of hydrogen-bond donors (Lipinski definition) is 0. The zero-order valence-corrected chi connectivity index (χ0v) is 17.3. The van der Waals surface area contributed by atoms with Gasteiger partial charge in [0.25, 0.3) is 10.1 Å². The highest BCUT2D eigenvalue weighted by Gasteiger charge is 2.35. The van der Waals surface area contributed by atoms with Crippen LogP contribution >= 0.6 is 0 Å². The minimum absolute atomic E-state index is 0.0856. The van der Waals surface area contributed by atoms with E-state index in [0.717, 1.165) is 6.26 Å². The minimum atomic E-state index is -3.61. The Bertz CT molecular complexity index is 595. The topological polar surface area (TPSA) is 99.2 Å². The van der Waals surface area contributed by atoms with Gasteiger partial charge in [-0.25, -0.2) is 4.79 Å². The van der Waals surface area contributed by atoms with E-state index in [1.807, 2.05) is 0 Å². The summed E-state index contributed by atoms with van der Waals surface area (Å²) in [5.41, 5.74) is -0.617. The average molecular weight is 394 g/mol. The summed E-state index contributed by atoms with van der Waals surface area (Å²) < 4.78 is 38.2. The quantitative estimate of drug-likeness (QED) is 0.504. The highest BCUT2D eigenvalue weighted by atomic mass is 32.2. The van der Waals surface area contributed by atoms with Crippen LogP contribution in [0.4, 0.5) is 4.79 Å². The number of amides is 1. The third-order valence-electron chi connectivity index (χ3n) is 3.84. The number of carbonyl (C=O) groups excluding carboxylic acids is 2. The lowest BCUT2D eigenvalue weighted by atomic mass is 9.84. The van der Waals surface area contributed by atoms with Gasteiger partial charge >= 0.3 is 12.1 Å². The smallest absolute Gasteiger partial charge is 0.410 e. The Balaban J connectivity index is 2.79. The van der Waals surface area contributed by atoms with E-state index in [2.05, 4.69) is 0 Å². The molecule has 9 heteroatoms. The fraction of sp³-hybridized carbons (Fsp3) is 0.882. The van der Waals surface area contributed by atoms with Crippen molar-refractivity contribution in [2.24, 2.45) is 11.8 Å². The Labute approximate surface area is 156 Å². The van der Waals surface area contributed by atoms with Crippen molar-refractivity contribution in [3.8, 4) is 0 Å². The van der Waals surface area contributed by atoms with Crippen LogP contribution in [-0.2, 0) is 28.6 Å². The van der Waals surface area contributed by atoms with E-state index in [-0.39, 0.29) is 43.5 Å². The van der Waals surface area contributed by atoms with Gasteiger partial charge in [0.1, 0.15) is 5.60 Å². The first-order valence-corrected chi connectivity index (χ1v) is 10.6. The molecule has 1 aliphatic rings. The van der Waals surface area contributed by atoms with Gasteiger partial charge in [0.2, 0.25) is 0 Å². The number of piperidine rings is 1. The van der Waals surface area contributed by atoms with E-state index in [1.54, 1.807) is 34.6 Å². The number of likely N-dealkylation sites (tertiary alicyclic amines) is 1. The molecule has 1 fully saturated rings. The maximum absolute atomic E-state index is 12.3. The molecule has 0 bridgehead atoms. The number of carbonyl (C=O) groups is 2. The number of ether oxygens (including phenoxy) is 2. The molecule has 0 unspecified atom stereocenters. The van der Waals surface area contributed by atoms with Crippen LogP contribution in [-0.4, -0.2) is 63.0 Å². The zero-order valence-electron chi connectivity index (χ0n) is 16.5. The maximum Gasteiger partial charge on any atom is 0.410 e. The number of esters is 1. The Morgan fingerprint density at radius 3 is 2.31 bits per heavy atom. The van der Waals surface area contributed by atoms with Crippen LogP contribution in [0.5, 0.6) is 0 Å². The third kappa shape index (κ3) is 8.84. The van der Waals surface area contributed by atoms with Crippen molar-refractivity contribution in [3.05, 3.63) is 0 Å². The van der Waals surface area contributed by atoms with Crippen molar-refractivity contribution in [1.82, 2.24) is 4.90 Å². The van der Waals surface area contributed by atoms with Gasteiger partial charge in [-0.3, -0.25) is 8.98 Å². The molecule has 0 aromatic carbocycles. The molecule has 0 radical (unpaired) electrons. The number of rotatable bonds is 6. The molecule has 1 heterocycles. The second kappa shape index (κ2) is 9.03. The summed E-state index contributed by atoms with van der Waals surface area (Å²) in [5, 5.41) is 0. The second-order valence-electron chi connectivity index (χ2n) is 7.97. The Morgan fingerprint density at radius 1 is 1.19 bits per heavy atom. The predicted octanol–water partition coefficient (Wildman–Crippen LogP) is 2.18. The largest absolute Gasteiger partial charge is 0.463 e. The van der Waals surface area contributed by atoms with Gasteiger partial charge in [0, 0.05) is 25.4 Å². The monoisotopic (exact) mass is 393 g/mol. The first-order valence-electron chi connectivity index (χ1n) is 8.78. The summed E-state index contributed by atoms with van der Waals surface area (Å²) in [6.07, 6.45) is 1.02. The molecule has 1 rings (SSSR count). The molecule has 0 aromatic heterocycles. The molecule has 26 heavy (non-hydrogen) atoms. The first kappa shape index (κ1) is 22.7. The Kier molecular flexibility index (Phi) is 7.88. The van der Waals surface area contributed by atoms with Crippen LogP contribution in [0.2, 0.25) is 0 Å². The fourth-order valence-corrected chi connectivity index (χ4v) is 3.19. The van der Waals surface area contributed by atoms with E-state index in [4.69, 9.17) is 13.7 Å². The lowest BCUT2D eigenvalue weighted by molar-refractivity contribution is -0.149. The van der Waals surface area contributed by atoms with E-state index in [1.165, 1.54) is 4.90 Å². The SMILES string of the molecule is CC(C)OC(=O)C[C@@H]1CCN(C(=O)OC(C)(C)C)C[C@H]1COS(C)(=O)=O. The lowest BCUT2D eigenvalue weighted by Gasteiger charge is -2.38. The van der Waals surface area contributed by atoms with Gasteiger partial charge in [-0.1, -0.05) is 0 Å². The van der Waals surface area contributed by atoms with Crippen LogP contribution < -0.4 is 0 Å². The van der Waals surface area contributed by atoms with Crippen molar-refractivity contribution in [3.63, 3.8) is 0 Å². The summed E-state index contributed by atoms with van der Waals surface area (Å²) in [6, 6.07) is 0. The van der Waals surface area contributed by atoms with Gasteiger partial charge in [0.05, 0.1) is 19.0 Å². The second-order valence-corrected chi connectivity index (χ2v) is 9.61. The summed E-state index contributed by atoms with van der Waals surface area (Å²) >= 11 is 0. The summed E-state index contributed by atoms with van der Waals surface area (Å²) in [4.78, 5) is 25.8. The van der Waals surface area contributed by atoms with Crippen molar-refractivity contribution < 1.29 is 31.7 Å². The molecule has 0 aliphatic carbocycles. The molecule has 2 atom stereocenters. The maximum atomic E-state index is 12.3. The zero-order chi connectivity index (χ0) is 20.1. The van der Waals surface area contributed by atoms with Crippen molar-refractivity contribution in [2.45, 2.75) is 59.2 Å². The van der Waals surface area contributed by atoms with E-state index in [9.17, 15) is 18.0 Å². The summed E-state index contributed by atoms with van der Waals surface area (Å²) in [7, 11) is -3.61. The molecular formula is C17H31NO7S. The van der Waals surface area contributed by atoms with Crippen LogP contribution in [0.25, 0.3) is 0 Å². The Morgan fingerprint density at radius 2 is 1.81 bits per heavy atom. The molecule has 8 nitrogen and oxygen atoms in total. The molecule has 1 aliphatic heterocycles. The molecule has 0 aromatic rings. The summed E-state index contributed by atoms with van der Waals surface area (Å²) in [5.74, 6) is -0.757. The van der Waals surface area contributed by atoms with Crippen LogP contribution in [0.3, 0.4) is 0 Å². The number of nitrogens with zero attached hydrogens (tertiary/aromatic N) is 1. The minimum Gasteiger partial charge on any atom is -0.463 e. The van der Waals surface area contributed by atoms with Crippen molar-refractivity contribution in [1.29, 1.82) is 0 Å². The van der Waals surface area contributed by atoms with Gasteiger partial charge < -0.3 is 14.4 Å². The molecule has 0 spiro atoms. The van der Waals surface area contributed by atoms with Crippen molar-refractivity contribution >= 4 is 22.2 Å². The standard InChI is InChI=1S/C17H31NO7S/c1-12(2)24-15(19)9-13-7-8-18(16(20)25-17(3,4)5)10-14(13)11-23-26(6,21)22/h12-14H,7-11H2,1-6H3/t13-,14-/m0/s1. The van der Waals surface area contributed by atoms with Crippen LogP contribution in [0, 0.1) is 11.8 Å². The normalized spacial score (nSPS) is 21.6. The van der Waals surface area contributed by atoms with Crippen molar-refractivity contribution in [2.75, 3.05) is 26.0 Å². The summed E-state index contributed by atoms with van der Waals surface area (Å²) in [6.45, 7) is 9.50. The van der Waals surface area contributed by atoms with Gasteiger partial charge in [-0.15, -0.1) is 0 Å². The lowest BCUT2D eigenvalue weighted by Crippen LogP contribution is -2.47. The highest BCUT2D eigenvalue weighted by molar-refractivity contribution is 7.85. The van der Waals surface area contributed by atoms with Crippen LogP contribution in [0.1, 0.15) is 47.5 Å². The molecular weight excluding hydrogens is 362 g/mol. The van der Waals surface area contributed by atoms with E-state index >= 15 is 0 Å². The van der Waals surface area contributed by atoms with Gasteiger partial charge in [0.15, 0.2) is 0 Å². The highest BCUT2D eigenvalue weighted by Crippen LogP contribution is 2.29. The van der Waals surface area contributed by atoms with E-state index in [0.29, 0.717) is 13.0 Å². The molecule has 0 saturated carbocycles. The average Bonchev–Trinajstić information content (AvgIpc) is 2.42. The molecule has 152 valence electrons. The van der Waals surface area contributed by atoms with E-state index < -0.39 is 21.8 Å². The van der Waals surface area contributed by atoms with Gasteiger partial charge in [-0.2, -0.15) is 8.42 Å². The fourth-order valence-electron chi connectivity index (χ4n) is 2.77. The first-order chi connectivity index (χ1) is 11.8. The molecule has 1 amide bonds. The van der Waals surface area contributed by atoms with Gasteiger partial charge in [-0.05, 0) is 47.0 Å². The number of hydrogen-bond acceptors (Lipinski definition) is 7. The van der Waals surface area contributed by atoms with Crippen LogP contribution in [0.15, 0.2) is 0 Å². The molecule has 0 N–H and O–H groups in total.